The molecule has 0 fully saturated rings. The Kier molecular flexibility index (Phi) is 7.85. The fraction of sp³-hybridized carbons (Fsp3) is 0.0164. The number of nitrogens with zero attached hydrogens (tertiary/aromatic N) is 1. The zero-order chi connectivity index (χ0) is 41.5. The van der Waals surface area contributed by atoms with Crippen LogP contribution in [0.5, 0.6) is 0 Å². The van der Waals surface area contributed by atoms with Crippen LogP contribution in [0.15, 0.2) is 241 Å². The molecule has 0 bridgehead atoms. The van der Waals surface area contributed by atoms with E-state index >= 15 is 0 Å². The minimum atomic E-state index is -0.466. The monoisotopic (exact) mass is 801 g/mol. The van der Waals surface area contributed by atoms with Crippen LogP contribution >= 0.6 is 0 Å². The molecule has 0 saturated carbocycles. The van der Waals surface area contributed by atoms with Gasteiger partial charge in [0.25, 0.3) is 0 Å². The molecule has 11 aromatic rings. The Balaban J connectivity index is 1.06. The van der Waals surface area contributed by atoms with Crippen molar-refractivity contribution < 1.29 is 4.42 Å². The summed E-state index contributed by atoms with van der Waals surface area (Å²) >= 11 is 0. The molecule has 0 aliphatic heterocycles. The maximum Gasteiger partial charge on any atom is 0.136 e. The first kappa shape index (κ1) is 35.5. The van der Waals surface area contributed by atoms with Crippen LogP contribution in [0.4, 0.5) is 17.1 Å². The molecule has 0 unspecified atom stereocenters. The molecule has 0 atom stereocenters. The molecular formula is C61H39NO. The van der Waals surface area contributed by atoms with E-state index in [1.165, 1.54) is 66.8 Å². The molecule has 2 nitrogen and oxygen atoms in total. The average molecular weight is 802 g/mol. The molecule has 294 valence electrons. The highest BCUT2D eigenvalue weighted by molar-refractivity contribution is 6.14. The van der Waals surface area contributed by atoms with Gasteiger partial charge in [0, 0.05) is 27.7 Å². The van der Waals surface area contributed by atoms with Gasteiger partial charge in [-0.15, -0.1) is 0 Å². The van der Waals surface area contributed by atoms with Crippen molar-refractivity contribution in [2.75, 3.05) is 4.90 Å². The fourth-order valence-electron chi connectivity index (χ4n) is 10.9. The van der Waals surface area contributed by atoms with Gasteiger partial charge in [0.2, 0.25) is 0 Å². The number of para-hydroxylation sites is 2. The van der Waals surface area contributed by atoms with E-state index in [1.54, 1.807) is 0 Å². The zero-order valence-corrected chi connectivity index (χ0v) is 34.4. The summed E-state index contributed by atoms with van der Waals surface area (Å²) in [5.41, 5.74) is 22.1. The third-order valence-electron chi connectivity index (χ3n) is 13.5. The van der Waals surface area contributed by atoms with Crippen molar-refractivity contribution >= 4 is 39.0 Å². The molecule has 0 saturated heterocycles. The number of rotatable bonds is 6. The van der Waals surface area contributed by atoms with Crippen molar-refractivity contribution in [1.82, 2.24) is 0 Å². The largest absolute Gasteiger partial charge is 0.456 e. The molecule has 1 heterocycles. The van der Waals surface area contributed by atoms with Crippen LogP contribution < -0.4 is 4.90 Å². The smallest absolute Gasteiger partial charge is 0.136 e. The van der Waals surface area contributed by atoms with Crippen molar-refractivity contribution in [1.29, 1.82) is 0 Å². The van der Waals surface area contributed by atoms with E-state index in [2.05, 4.69) is 235 Å². The van der Waals surface area contributed by atoms with Gasteiger partial charge in [0.15, 0.2) is 0 Å². The highest BCUT2D eigenvalue weighted by atomic mass is 16.3. The van der Waals surface area contributed by atoms with E-state index in [1.807, 2.05) is 6.07 Å². The summed E-state index contributed by atoms with van der Waals surface area (Å²) < 4.78 is 6.46. The summed E-state index contributed by atoms with van der Waals surface area (Å²) in [5, 5.41) is 2.23. The lowest BCUT2D eigenvalue weighted by molar-refractivity contribution is 0.669. The Morgan fingerprint density at radius 3 is 1.44 bits per heavy atom. The van der Waals surface area contributed by atoms with Crippen LogP contribution in [0.1, 0.15) is 22.3 Å². The lowest BCUT2D eigenvalue weighted by Gasteiger charge is -2.32. The van der Waals surface area contributed by atoms with Gasteiger partial charge >= 0.3 is 0 Å². The Bertz CT molecular complexity index is 3510. The lowest BCUT2D eigenvalue weighted by Crippen LogP contribution is -2.26. The minimum absolute atomic E-state index is 0.466. The number of hydrogen-bond donors (Lipinski definition) is 0. The van der Waals surface area contributed by atoms with Crippen LogP contribution in [0, 0.1) is 0 Å². The molecule has 0 amide bonds. The topological polar surface area (TPSA) is 16.4 Å². The first-order valence-corrected chi connectivity index (χ1v) is 21.8. The Morgan fingerprint density at radius 2 is 0.778 bits per heavy atom. The molecule has 2 heteroatoms. The number of hydrogen-bond acceptors (Lipinski definition) is 2. The molecule has 63 heavy (non-hydrogen) atoms. The second-order valence-electron chi connectivity index (χ2n) is 16.7. The zero-order valence-electron chi connectivity index (χ0n) is 34.4. The van der Waals surface area contributed by atoms with Gasteiger partial charge in [-0.05, 0) is 115 Å². The quantitative estimate of drug-likeness (QED) is 0.167. The second kappa shape index (κ2) is 13.9. The van der Waals surface area contributed by atoms with Crippen molar-refractivity contribution in [3.05, 3.63) is 259 Å². The second-order valence-corrected chi connectivity index (χ2v) is 16.7. The van der Waals surface area contributed by atoms with Crippen molar-refractivity contribution in [2.24, 2.45) is 0 Å². The van der Waals surface area contributed by atoms with Gasteiger partial charge in [0.1, 0.15) is 11.2 Å². The lowest BCUT2D eigenvalue weighted by atomic mass is 9.70. The molecule has 1 spiro atoms. The third-order valence-corrected chi connectivity index (χ3v) is 13.5. The number of benzene rings is 10. The fourth-order valence-corrected chi connectivity index (χ4v) is 10.9. The summed E-state index contributed by atoms with van der Waals surface area (Å²) in [5.74, 6) is 0. The predicted octanol–water partition coefficient (Wildman–Crippen LogP) is 16.4. The molecule has 0 radical (unpaired) electrons. The first-order chi connectivity index (χ1) is 31.3. The van der Waals surface area contributed by atoms with Crippen LogP contribution in [0.2, 0.25) is 0 Å². The van der Waals surface area contributed by atoms with E-state index in [9.17, 15) is 0 Å². The first-order valence-electron chi connectivity index (χ1n) is 21.8. The van der Waals surface area contributed by atoms with Gasteiger partial charge < -0.3 is 9.32 Å². The maximum atomic E-state index is 6.46. The maximum absolute atomic E-state index is 6.46. The Hall–Kier alpha value is -8.20. The van der Waals surface area contributed by atoms with Crippen LogP contribution in [0.25, 0.3) is 77.6 Å². The number of furan rings is 1. The van der Waals surface area contributed by atoms with Gasteiger partial charge in [0.05, 0.1) is 11.1 Å². The van der Waals surface area contributed by atoms with Crippen LogP contribution in [-0.2, 0) is 5.41 Å². The number of anilines is 3. The highest BCUT2D eigenvalue weighted by Crippen LogP contribution is 2.63. The van der Waals surface area contributed by atoms with E-state index in [0.29, 0.717) is 0 Å². The van der Waals surface area contributed by atoms with Crippen molar-refractivity contribution in [3.63, 3.8) is 0 Å². The minimum Gasteiger partial charge on any atom is -0.456 e. The molecule has 2 aliphatic rings. The van der Waals surface area contributed by atoms with E-state index in [-0.39, 0.29) is 0 Å². The Morgan fingerprint density at radius 1 is 0.302 bits per heavy atom. The van der Waals surface area contributed by atoms with Crippen molar-refractivity contribution in [2.45, 2.75) is 5.41 Å². The van der Waals surface area contributed by atoms with Gasteiger partial charge in [-0.1, -0.05) is 194 Å². The standard InChI is InChI=1S/C61H39NO/c1-2-17-40(18-3-1)44-19-4-5-20-45(44)41-33-35-42(36-34-41)62(57-30-14-9-24-50(57)51-26-16-32-59-60(51)52-25-10-15-31-58(52)63-59)43-37-38-49-48-23-8-13-29-55(48)61(56(49)39-43)53-27-11-6-21-46(53)47-22-7-12-28-54(47)61/h1-39H. The molecular weight excluding hydrogens is 763 g/mol. The van der Waals surface area contributed by atoms with Crippen LogP contribution in [0.3, 0.4) is 0 Å². The molecule has 13 rings (SSSR count). The van der Waals surface area contributed by atoms with Gasteiger partial charge in [-0.3, -0.25) is 0 Å². The van der Waals surface area contributed by atoms with E-state index < -0.39 is 5.41 Å². The predicted molar refractivity (Wildman–Crippen MR) is 261 cm³/mol. The summed E-state index contributed by atoms with van der Waals surface area (Å²) in [7, 11) is 0. The van der Waals surface area contributed by atoms with Crippen molar-refractivity contribution in [3.8, 4) is 55.6 Å². The summed E-state index contributed by atoms with van der Waals surface area (Å²) in [6, 6.07) is 86.5. The third kappa shape index (κ3) is 5.19. The molecule has 1 aromatic heterocycles. The van der Waals surface area contributed by atoms with Gasteiger partial charge in [-0.2, -0.15) is 0 Å². The summed E-state index contributed by atoms with van der Waals surface area (Å²) in [4.78, 5) is 2.47. The Labute approximate surface area is 366 Å². The van der Waals surface area contributed by atoms with Crippen LogP contribution in [-0.4, -0.2) is 0 Å². The average Bonchev–Trinajstić information content (AvgIpc) is 3.99. The normalized spacial score (nSPS) is 12.9. The number of fused-ring (bicyclic) bond motifs is 13. The van der Waals surface area contributed by atoms with Gasteiger partial charge in [-0.25, -0.2) is 0 Å². The van der Waals surface area contributed by atoms with E-state index in [4.69, 9.17) is 4.42 Å². The molecule has 2 aliphatic carbocycles. The highest BCUT2D eigenvalue weighted by Gasteiger charge is 2.51. The van der Waals surface area contributed by atoms with E-state index in [0.717, 1.165) is 50.1 Å². The summed E-state index contributed by atoms with van der Waals surface area (Å²) in [6.45, 7) is 0. The molecule has 10 aromatic carbocycles. The molecule has 0 N–H and O–H groups in total. The summed E-state index contributed by atoms with van der Waals surface area (Å²) in [6.07, 6.45) is 0. The SMILES string of the molecule is c1ccc(-c2ccccc2-c2ccc(N(c3ccc4c(c3)C3(c5ccccc5-c5ccccc53)c3ccccc3-4)c3ccccc3-c3cccc4oc5ccccc5c34)cc2)cc1.